The van der Waals surface area contributed by atoms with Gasteiger partial charge in [0.15, 0.2) is 0 Å². The molecule has 0 saturated heterocycles. The van der Waals surface area contributed by atoms with Crippen LogP contribution < -0.4 is 10.6 Å². The number of anilines is 1. The molecule has 0 aliphatic heterocycles. The van der Waals surface area contributed by atoms with Crippen LogP contribution in [0.3, 0.4) is 0 Å². The molecule has 0 heterocycles. The third kappa shape index (κ3) is 5.27. The van der Waals surface area contributed by atoms with Crippen LogP contribution in [0.4, 0.5) is 5.69 Å². The van der Waals surface area contributed by atoms with Gasteiger partial charge in [0.1, 0.15) is 6.42 Å². The summed E-state index contributed by atoms with van der Waals surface area (Å²) in [7, 11) is 0. The van der Waals surface area contributed by atoms with Crippen LogP contribution in [0.5, 0.6) is 0 Å². The molecule has 112 valence electrons. The van der Waals surface area contributed by atoms with Crippen LogP contribution in [-0.4, -0.2) is 11.8 Å². The highest BCUT2D eigenvalue weighted by Gasteiger charge is 2.15. The highest BCUT2D eigenvalue weighted by Crippen LogP contribution is 2.18. The molecule has 5 heteroatoms. The van der Waals surface area contributed by atoms with Crippen molar-refractivity contribution in [2.75, 3.05) is 5.32 Å². The largest absolute Gasteiger partial charge is 0.351 e. The summed E-state index contributed by atoms with van der Waals surface area (Å²) in [6.07, 6.45) is 1.43. The van der Waals surface area contributed by atoms with E-state index in [1.54, 1.807) is 6.07 Å². The molecule has 0 aliphatic rings. The molecular formula is C16H21N3O2. The van der Waals surface area contributed by atoms with Gasteiger partial charge < -0.3 is 10.6 Å². The maximum Gasteiger partial charge on any atom is 0.234 e. The molecule has 0 fully saturated rings. The molecule has 1 rings (SSSR count). The number of hydrogen-bond acceptors (Lipinski definition) is 3. The van der Waals surface area contributed by atoms with E-state index in [1.165, 1.54) is 0 Å². The van der Waals surface area contributed by atoms with E-state index >= 15 is 0 Å². The predicted molar refractivity (Wildman–Crippen MR) is 81.2 cm³/mol. The van der Waals surface area contributed by atoms with Crippen molar-refractivity contribution in [3.05, 3.63) is 29.8 Å². The number of amides is 2. The van der Waals surface area contributed by atoms with Crippen LogP contribution >= 0.6 is 0 Å². The zero-order chi connectivity index (χ0) is 15.7. The molecule has 0 aromatic heterocycles. The van der Waals surface area contributed by atoms with Crippen LogP contribution in [-0.2, 0) is 16.1 Å². The molecule has 0 unspecified atom stereocenters. The van der Waals surface area contributed by atoms with E-state index in [4.69, 9.17) is 5.26 Å². The fourth-order valence-electron chi connectivity index (χ4n) is 2.02. The van der Waals surface area contributed by atoms with Crippen LogP contribution in [0.15, 0.2) is 24.3 Å². The Morgan fingerprint density at radius 2 is 1.90 bits per heavy atom. The van der Waals surface area contributed by atoms with Crippen molar-refractivity contribution >= 4 is 17.5 Å². The van der Waals surface area contributed by atoms with E-state index in [2.05, 4.69) is 10.6 Å². The number of hydrogen-bond donors (Lipinski definition) is 2. The highest BCUT2D eigenvalue weighted by molar-refractivity contribution is 5.93. The molecule has 2 amide bonds. The van der Waals surface area contributed by atoms with Gasteiger partial charge in [-0.1, -0.05) is 32.0 Å². The number of nitrogens with zero attached hydrogens (tertiary/aromatic N) is 1. The first kappa shape index (κ1) is 16.7. The van der Waals surface area contributed by atoms with Gasteiger partial charge in [0, 0.05) is 18.2 Å². The van der Waals surface area contributed by atoms with Gasteiger partial charge in [0.05, 0.1) is 6.07 Å². The van der Waals surface area contributed by atoms with E-state index in [-0.39, 0.29) is 24.2 Å². The maximum absolute atomic E-state index is 12.1. The molecule has 0 saturated carbocycles. The number of carbonyl (C=O) groups excluding carboxylic acids is 2. The van der Waals surface area contributed by atoms with Crippen LogP contribution in [0.2, 0.25) is 0 Å². The third-order valence-corrected chi connectivity index (χ3v) is 3.35. The lowest BCUT2D eigenvalue weighted by atomic mass is 10.0. The second-order valence-corrected chi connectivity index (χ2v) is 4.77. The molecule has 5 nitrogen and oxygen atoms in total. The fourth-order valence-corrected chi connectivity index (χ4v) is 2.02. The fraction of sp³-hybridized carbons (Fsp3) is 0.438. The second-order valence-electron chi connectivity index (χ2n) is 4.77. The van der Waals surface area contributed by atoms with Crippen molar-refractivity contribution in [1.29, 1.82) is 5.26 Å². The lowest BCUT2D eigenvalue weighted by Gasteiger charge is -2.15. The zero-order valence-electron chi connectivity index (χ0n) is 12.5. The normalized spacial score (nSPS) is 10.0. The topological polar surface area (TPSA) is 82.0 Å². The Morgan fingerprint density at radius 1 is 1.24 bits per heavy atom. The van der Waals surface area contributed by atoms with E-state index < -0.39 is 0 Å². The average Bonchev–Trinajstić information content (AvgIpc) is 2.48. The van der Waals surface area contributed by atoms with Crippen LogP contribution in [0, 0.1) is 17.2 Å². The van der Waals surface area contributed by atoms with E-state index in [0.717, 1.165) is 18.4 Å². The molecule has 0 aliphatic carbocycles. The molecule has 21 heavy (non-hydrogen) atoms. The van der Waals surface area contributed by atoms with Gasteiger partial charge >= 0.3 is 0 Å². The summed E-state index contributed by atoms with van der Waals surface area (Å²) in [5, 5.41) is 14.0. The maximum atomic E-state index is 12.1. The van der Waals surface area contributed by atoms with Gasteiger partial charge in [-0.15, -0.1) is 0 Å². The Morgan fingerprint density at radius 3 is 2.52 bits per heavy atom. The van der Waals surface area contributed by atoms with Gasteiger partial charge in [-0.3, -0.25) is 9.59 Å². The monoisotopic (exact) mass is 287 g/mol. The Kier molecular flexibility index (Phi) is 6.96. The predicted octanol–water partition coefficient (Wildman–Crippen LogP) is 2.59. The molecule has 0 spiro atoms. The number of nitriles is 1. The number of carbonyl (C=O) groups is 2. The van der Waals surface area contributed by atoms with Gasteiger partial charge in [-0.2, -0.15) is 5.26 Å². The second kappa shape index (κ2) is 8.75. The summed E-state index contributed by atoms with van der Waals surface area (Å²) in [5.74, 6) is -0.333. The molecule has 0 radical (unpaired) electrons. The Balaban J connectivity index is 2.73. The Bertz CT molecular complexity index is 531. The molecule has 2 N–H and O–H groups in total. The molecule has 0 bridgehead atoms. The minimum absolute atomic E-state index is 0.00389. The van der Waals surface area contributed by atoms with Gasteiger partial charge in [-0.25, -0.2) is 0 Å². The summed E-state index contributed by atoms with van der Waals surface area (Å²) < 4.78 is 0. The van der Waals surface area contributed by atoms with Crippen molar-refractivity contribution in [2.24, 2.45) is 5.92 Å². The molecule has 1 aromatic rings. The smallest absolute Gasteiger partial charge is 0.234 e. The summed E-state index contributed by atoms with van der Waals surface area (Å²) in [6.45, 7) is 4.27. The lowest BCUT2D eigenvalue weighted by Crippen LogP contribution is -2.25. The summed E-state index contributed by atoms with van der Waals surface area (Å²) in [6, 6.07) is 9.14. The number of nitrogens with one attached hydrogen (secondary N) is 2. The molecule has 0 atom stereocenters. The Labute approximate surface area is 125 Å². The third-order valence-electron chi connectivity index (χ3n) is 3.35. The number of benzene rings is 1. The van der Waals surface area contributed by atoms with Crippen LogP contribution in [0.25, 0.3) is 0 Å². The lowest BCUT2D eigenvalue weighted by molar-refractivity contribution is -0.120. The quantitative estimate of drug-likeness (QED) is 0.808. The minimum atomic E-state index is -0.321. The van der Waals surface area contributed by atoms with Gasteiger partial charge in [0.2, 0.25) is 11.8 Å². The summed E-state index contributed by atoms with van der Waals surface area (Å²) in [5.41, 5.74) is 1.52. The van der Waals surface area contributed by atoms with E-state index in [9.17, 15) is 9.59 Å². The zero-order valence-corrected chi connectivity index (χ0v) is 12.5. The number of rotatable bonds is 7. The first-order chi connectivity index (χ1) is 10.1. The van der Waals surface area contributed by atoms with Crippen molar-refractivity contribution in [3.8, 4) is 6.07 Å². The molecular weight excluding hydrogens is 266 g/mol. The van der Waals surface area contributed by atoms with Crippen LogP contribution in [0.1, 0.15) is 38.7 Å². The van der Waals surface area contributed by atoms with Gasteiger partial charge in [0.25, 0.3) is 0 Å². The van der Waals surface area contributed by atoms with E-state index in [1.807, 2.05) is 38.1 Å². The van der Waals surface area contributed by atoms with Crippen molar-refractivity contribution < 1.29 is 9.59 Å². The van der Waals surface area contributed by atoms with Crippen molar-refractivity contribution in [3.63, 3.8) is 0 Å². The van der Waals surface area contributed by atoms with Gasteiger partial charge in [-0.05, 0) is 24.5 Å². The minimum Gasteiger partial charge on any atom is -0.351 e. The average molecular weight is 287 g/mol. The SMILES string of the molecule is CCC(CC)C(=O)Nc1ccccc1CNC(=O)CC#N. The highest BCUT2D eigenvalue weighted by atomic mass is 16.2. The van der Waals surface area contributed by atoms with Crippen molar-refractivity contribution in [1.82, 2.24) is 5.32 Å². The summed E-state index contributed by atoms with van der Waals surface area (Å²) in [4.78, 5) is 23.5. The standard InChI is InChI=1S/C16H21N3O2/c1-3-12(4-2)16(21)19-14-8-6-5-7-13(14)11-18-15(20)9-10-17/h5-8,12H,3-4,9,11H2,1-2H3,(H,18,20)(H,19,21). The molecule has 1 aromatic carbocycles. The van der Waals surface area contributed by atoms with Crippen molar-refractivity contribution in [2.45, 2.75) is 39.7 Å². The van der Waals surface area contributed by atoms with E-state index in [0.29, 0.717) is 12.2 Å². The Hall–Kier alpha value is -2.35. The number of para-hydroxylation sites is 1. The first-order valence-electron chi connectivity index (χ1n) is 7.14. The first-order valence-corrected chi connectivity index (χ1v) is 7.14. The summed E-state index contributed by atoms with van der Waals surface area (Å²) >= 11 is 0.